The van der Waals surface area contributed by atoms with Crippen molar-refractivity contribution in [3.63, 3.8) is 0 Å². The van der Waals surface area contributed by atoms with Crippen molar-refractivity contribution in [2.75, 3.05) is 0 Å². The van der Waals surface area contributed by atoms with Crippen LogP contribution in [0.4, 0.5) is 0 Å². The van der Waals surface area contributed by atoms with E-state index < -0.39 is 0 Å². The highest BCUT2D eigenvalue weighted by Crippen LogP contribution is 2.31. The fraction of sp³-hybridized carbons (Fsp3) is 0.0667. The quantitative estimate of drug-likeness (QED) is 0.672. The van der Waals surface area contributed by atoms with Crippen molar-refractivity contribution in [3.8, 4) is 22.9 Å². The Balaban J connectivity index is 1.96. The van der Waals surface area contributed by atoms with Gasteiger partial charge in [0.05, 0.1) is 5.56 Å². The van der Waals surface area contributed by atoms with E-state index >= 15 is 0 Å². The lowest BCUT2D eigenvalue weighted by molar-refractivity contribution is 0.390. The third-order valence-electron chi connectivity index (χ3n) is 2.68. The van der Waals surface area contributed by atoms with Crippen molar-refractivity contribution >= 4 is 11.6 Å². The van der Waals surface area contributed by atoms with Crippen molar-refractivity contribution in [2.45, 2.75) is 5.88 Å². The molecule has 0 bridgehead atoms. The maximum atomic E-state index is 5.85. The summed E-state index contributed by atoms with van der Waals surface area (Å²) in [5.41, 5.74) is 0.761. The van der Waals surface area contributed by atoms with E-state index in [9.17, 15) is 0 Å². The molecular formula is C15H11ClN2O2. The van der Waals surface area contributed by atoms with Crippen molar-refractivity contribution < 1.29 is 9.26 Å². The Morgan fingerprint density at radius 1 is 1.00 bits per heavy atom. The SMILES string of the molecule is ClCc1nc(-c2ccccc2Oc2ccccc2)no1. The molecule has 0 unspecified atom stereocenters. The third kappa shape index (κ3) is 2.65. The first-order chi connectivity index (χ1) is 9.86. The van der Waals surface area contributed by atoms with E-state index in [2.05, 4.69) is 10.1 Å². The average Bonchev–Trinajstić information content (AvgIpc) is 2.98. The summed E-state index contributed by atoms with van der Waals surface area (Å²) in [6, 6.07) is 17.1. The molecule has 0 atom stereocenters. The van der Waals surface area contributed by atoms with Crippen LogP contribution >= 0.6 is 11.6 Å². The predicted octanol–water partition coefficient (Wildman–Crippen LogP) is 4.27. The van der Waals surface area contributed by atoms with E-state index in [0.29, 0.717) is 17.5 Å². The Morgan fingerprint density at radius 3 is 2.50 bits per heavy atom. The molecule has 100 valence electrons. The highest BCUT2D eigenvalue weighted by molar-refractivity contribution is 6.16. The molecule has 5 heteroatoms. The molecule has 20 heavy (non-hydrogen) atoms. The molecule has 0 saturated heterocycles. The number of rotatable bonds is 4. The van der Waals surface area contributed by atoms with Crippen molar-refractivity contribution in [1.82, 2.24) is 10.1 Å². The van der Waals surface area contributed by atoms with E-state index in [1.165, 1.54) is 0 Å². The predicted molar refractivity (Wildman–Crippen MR) is 75.8 cm³/mol. The smallest absolute Gasteiger partial charge is 0.241 e. The Bertz CT molecular complexity index is 698. The number of hydrogen-bond acceptors (Lipinski definition) is 4. The van der Waals surface area contributed by atoms with Crippen molar-refractivity contribution in [3.05, 3.63) is 60.5 Å². The molecule has 0 saturated carbocycles. The summed E-state index contributed by atoms with van der Waals surface area (Å²) in [4.78, 5) is 4.21. The standard InChI is InChI=1S/C15H11ClN2O2/c16-10-14-17-15(18-20-14)12-8-4-5-9-13(12)19-11-6-2-1-3-7-11/h1-9H,10H2. The molecular weight excluding hydrogens is 276 g/mol. The monoisotopic (exact) mass is 286 g/mol. The molecule has 3 aromatic rings. The van der Waals surface area contributed by atoms with Gasteiger partial charge in [0.1, 0.15) is 17.4 Å². The lowest BCUT2D eigenvalue weighted by Gasteiger charge is -2.08. The second kappa shape index (κ2) is 5.75. The van der Waals surface area contributed by atoms with Crippen LogP contribution in [0.1, 0.15) is 5.89 Å². The highest BCUT2D eigenvalue weighted by Gasteiger charge is 2.13. The van der Waals surface area contributed by atoms with Crippen LogP contribution in [0.5, 0.6) is 11.5 Å². The van der Waals surface area contributed by atoms with Gasteiger partial charge in [0.25, 0.3) is 0 Å². The number of halogens is 1. The first kappa shape index (κ1) is 12.7. The summed E-state index contributed by atoms with van der Waals surface area (Å²) < 4.78 is 10.9. The van der Waals surface area contributed by atoms with Crippen molar-refractivity contribution in [1.29, 1.82) is 0 Å². The normalized spacial score (nSPS) is 10.4. The van der Waals surface area contributed by atoms with E-state index in [1.54, 1.807) is 0 Å². The van der Waals surface area contributed by atoms with Gasteiger partial charge in [-0.3, -0.25) is 0 Å². The number of aromatic nitrogens is 2. The van der Waals surface area contributed by atoms with E-state index in [0.717, 1.165) is 11.3 Å². The number of ether oxygens (including phenoxy) is 1. The van der Waals surface area contributed by atoms with Gasteiger partial charge in [-0.15, -0.1) is 11.6 Å². The van der Waals surface area contributed by atoms with E-state index in [1.807, 2.05) is 54.6 Å². The number of hydrogen-bond donors (Lipinski definition) is 0. The van der Waals surface area contributed by atoms with Gasteiger partial charge in [-0.25, -0.2) is 0 Å². The first-order valence-electron chi connectivity index (χ1n) is 6.07. The van der Waals surface area contributed by atoms with Crippen LogP contribution in [0.2, 0.25) is 0 Å². The molecule has 0 spiro atoms. The van der Waals surface area contributed by atoms with Gasteiger partial charge in [0, 0.05) is 0 Å². The van der Waals surface area contributed by atoms with Crippen LogP contribution in [0, 0.1) is 0 Å². The molecule has 2 aromatic carbocycles. The third-order valence-corrected chi connectivity index (χ3v) is 2.91. The van der Waals surface area contributed by atoms with Gasteiger partial charge in [-0.2, -0.15) is 4.98 Å². The molecule has 1 heterocycles. The van der Waals surface area contributed by atoms with Crippen LogP contribution in [-0.4, -0.2) is 10.1 Å². The molecule has 0 aliphatic carbocycles. The minimum absolute atomic E-state index is 0.189. The van der Waals surface area contributed by atoms with Crippen LogP contribution in [0.25, 0.3) is 11.4 Å². The highest BCUT2D eigenvalue weighted by atomic mass is 35.5. The van der Waals surface area contributed by atoms with Gasteiger partial charge in [0.2, 0.25) is 11.7 Å². The molecule has 3 rings (SSSR count). The van der Waals surface area contributed by atoms with Gasteiger partial charge < -0.3 is 9.26 Å². The van der Waals surface area contributed by atoms with Crippen LogP contribution in [-0.2, 0) is 5.88 Å². The fourth-order valence-corrected chi connectivity index (χ4v) is 1.88. The topological polar surface area (TPSA) is 48.2 Å². The summed E-state index contributed by atoms with van der Waals surface area (Å²) in [7, 11) is 0. The van der Waals surface area contributed by atoms with Gasteiger partial charge in [-0.1, -0.05) is 35.5 Å². The van der Waals surface area contributed by atoms with Crippen LogP contribution < -0.4 is 4.74 Å². The molecule has 0 aliphatic rings. The second-order valence-corrected chi connectivity index (χ2v) is 4.32. The van der Waals surface area contributed by atoms with Crippen LogP contribution in [0.15, 0.2) is 59.1 Å². The average molecular weight is 287 g/mol. The molecule has 0 radical (unpaired) electrons. The molecule has 0 aliphatic heterocycles. The van der Waals surface area contributed by atoms with Gasteiger partial charge in [-0.05, 0) is 24.3 Å². The zero-order chi connectivity index (χ0) is 13.8. The minimum Gasteiger partial charge on any atom is -0.457 e. The van der Waals surface area contributed by atoms with Gasteiger partial charge >= 0.3 is 0 Å². The maximum Gasteiger partial charge on any atom is 0.241 e. The Kier molecular flexibility index (Phi) is 3.65. The minimum atomic E-state index is 0.189. The number of alkyl halides is 1. The van der Waals surface area contributed by atoms with Gasteiger partial charge in [0.15, 0.2) is 0 Å². The summed E-state index contributed by atoms with van der Waals surface area (Å²) in [5, 5.41) is 3.91. The summed E-state index contributed by atoms with van der Waals surface area (Å²) in [6.45, 7) is 0. The van der Waals surface area contributed by atoms with E-state index in [-0.39, 0.29) is 5.88 Å². The Morgan fingerprint density at radius 2 is 1.75 bits per heavy atom. The van der Waals surface area contributed by atoms with E-state index in [4.69, 9.17) is 20.9 Å². The van der Waals surface area contributed by atoms with Crippen molar-refractivity contribution in [2.24, 2.45) is 0 Å². The number of benzene rings is 2. The Hall–Kier alpha value is -2.33. The maximum absolute atomic E-state index is 5.85. The molecule has 0 N–H and O–H groups in total. The first-order valence-corrected chi connectivity index (χ1v) is 6.61. The molecule has 4 nitrogen and oxygen atoms in total. The molecule has 0 amide bonds. The second-order valence-electron chi connectivity index (χ2n) is 4.06. The summed E-state index contributed by atoms with van der Waals surface area (Å²) >= 11 is 5.67. The Labute approximate surface area is 121 Å². The zero-order valence-corrected chi connectivity index (χ0v) is 11.2. The molecule has 0 fully saturated rings. The summed E-state index contributed by atoms with van der Waals surface area (Å²) in [5.74, 6) is 2.46. The van der Waals surface area contributed by atoms with Crippen LogP contribution in [0.3, 0.4) is 0 Å². The fourth-order valence-electron chi connectivity index (χ4n) is 1.77. The number of nitrogens with zero attached hydrogens (tertiary/aromatic N) is 2. The summed E-state index contributed by atoms with van der Waals surface area (Å²) in [6.07, 6.45) is 0. The molecule has 1 aromatic heterocycles. The largest absolute Gasteiger partial charge is 0.457 e. The lowest BCUT2D eigenvalue weighted by Crippen LogP contribution is -1.89. The number of para-hydroxylation sites is 2. The lowest BCUT2D eigenvalue weighted by atomic mass is 10.2. The zero-order valence-electron chi connectivity index (χ0n) is 10.5.